The lowest BCUT2D eigenvalue weighted by molar-refractivity contribution is -0.145. The van der Waals surface area contributed by atoms with Crippen LogP contribution in [0.5, 0.6) is 11.5 Å². The summed E-state index contributed by atoms with van der Waals surface area (Å²) in [7, 11) is 1.54. The molecule has 1 saturated heterocycles. The van der Waals surface area contributed by atoms with Crippen LogP contribution in [-0.4, -0.2) is 24.3 Å². The average molecular weight is 306 g/mol. The number of methoxy groups -OCH3 is 1. The number of cyclic esters (lactones) is 1. The van der Waals surface area contributed by atoms with E-state index in [1.807, 2.05) is 13.0 Å². The first-order valence-electron chi connectivity index (χ1n) is 7.97. The molecule has 0 unspecified atom stereocenters. The third-order valence-corrected chi connectivity index (χ3v) is 4.49. The quantitative estimate of drug-likeness (QED) is 0.817. The highest BCUT2D eigenvalue weighted by Gasteiger charge is 2.34. The van der Waals surface area contributed by atoms with Gasteiger partial charge in [0.25, 0.3) is 0 Å². The molecule has 1 aromatic rings. The van der Waals surface area contributed by atoms with E-state index in [4.69, 9.17) is 9.47 Å². The Morgan fingerprint density at radius 2 is 2.14 bits per heavy atom. The third-order valence-electron chi connectivity index (χ3n) is 4.49. The van der Waals surface area contributed by atoms with Gasteiger partial charge in [-0.05, 0) is 48.8 Å². The summed E-state index contributed by atoms with van der Waals surface area (Å²) in [5.74, 6) is 1.45. The molecule has 0 spiro atoms. The van der Waals surface area contributed by atoms with Gasteiger partial charge in [0.1, 0.15) is 6.10 Å². The van der Waals surface area contributed by atoms with Crippen molar-refractivity contribution in [1.29, 1.82) is 0 Å². The Morgan fingerprint density at radius 1 is 1.41 bits per heavy atom. The lowest BCUT2D eigenvalue weighted by atomic mass is 9.87. The number of aromatic hydroxyl groups is 1. The molecule has 0 aliphatic carbocycles. The van der Waals surface area contributed by atoms with Gasteiger partial charge in [0.15, 0.2) is 11.5 Å². The standard InChI is InChI=1S/C18H26O4/c1-11(7-12(2)17-9-13(3)18(20)22-17)8-14-5-6-16(21-4)15(19)10-14/h5-6,10-13,17,19H,7-9H2,1-4H3/t11-,12-,13-,17+/m1/s1. The average Bonchev–Trinajstić information content (AvgIpc) is 2.79. The molecule has 1 aromatic carbocycles. The molecule has 122 valence electrons. The van der Waals surface area contributed by atoms with Crippen molar-refractivity contribution in [3.63, 3.8) is 0 Å². The van der Waals surface area contributed by atoms with Crippen molar-refractivity contribution in [2.75, 3.05) is 7.11 Å². The van der Waals surface area contributed by atoms with E-state index >= 15 is 0 Å². The number of phenolic OH excluding ortho intramolecular Hbond substituents is 1. The fraction of sp³-hybridized carbons (Fsp3) is 0.611. The van der Waals surface area contributed by atoms with Gasteiger partial charge in [0, 0.05) is 0 Å². The van der Waals surface area contributed by atoms with Gasteiger partial charge < -0.3 is 14.6 Å². The number of hydrogen-bond acceptors (Lipinski definition) is 4. The van der Waals surface area contributed by atoms with E-state index in [9.17, 15) is 9.90 Å². The topological polar surface area (TPSA) is 55.8 Å². The second-order valence-corrected chi connectivity index (χ2v) is 6.64. The van der Waals surface area contributed by atoms with E-state index in [-0.39, 0.29) is 23.7 Å². The Bertz CT molecular complexity index is 526. The normalized spacial score (nSPS) is 23.9. The number of benzene rings is 1. The lowest BCUT2D eigenvalue weighted by Gasteiger charge is -2.22. The molecule has 4 heteroatoms. The zero-order valence-corrected chi connectivity index (χ0v) is 13.8. The number of carbonyl (C=O) groups is 1. The Morgan fingerprint density at radius 3 is 2.68 bits per heavy atom. The molecule has 1 aliphatic heterocycles. The van der Waals surface area contributed by atoms with Gasteiger partial charge in [-0.3, -0.25) is 4.79 Å². The van der Waals surface area contributed by atoms with Gasteiger partial charge in [0.2, 0.25) is 0 Å². The summed E-state index contributed by atoms with van der Waals surface area (Å²) in [4.78, 5) is 11.5. The third kappa shape index (κ3) is 3.93. The SMILES string of the molecule is COc1ccc(C[C@H](C)C[C@@H](C)[C@@H]2C[C@@H](C)C(=O)O2)cc1O. The number of ether oxygens (including phenoxy) is 2. The maximum absolute atomic E-state index is 11.5. The van der Waals surface area contributed by atoms with E-state index in [1.165, 1.54) is 0 Å². The summed E-state index contributed by atoms with van der Waals surface area (Å²) in [5, 5.41) is 9.83. The molecule has 4 atom stereocenters. The highest BCUT2D eigenvalue weighted by molar-refractivity contribution is 5.74. The summed E-state index contributed by atoms with van der Waals surface area (Å²) in [6, 6.07) is 5.54. The number of phenols is 1. The van der Waals surface area contributed by atoms with Crippen LogP contribution in [0.1, 0.15) is 39.2 Å². The van der Waals surface area contributed by atoms with Crippen molar-refractivity contribution >= 4 is 5.97 Å². The minimum absolute atomic E-state index is 0.0290. The first-order valence-corrected chi connectivity index (χ1v) is 7.97. The Hall–Kier alpha value is -1.71. The second-order valence-electron chi connectivity index (χ2n) is 6.64. The molecule has 0 radical (unpaired) electrons. The van der Waals surface area contributed by atoms with Crippen molar-refractivity contribution in [2.24, 2.45) is 17.8 Å². The molecule has 1 fully saturated rings. The summed E-state index contributed by atoms with van der Waals surface area (Å²) < 4.78 is 10.5. The maximum atomic E-state index is 11.5. The Labute approximate surface area is 132 Å². The fourth-order valence-corrected chi connectivity index (χ4v) is 3.24. The number of hydrogen-bond donors (Lipinski definition) is 1. The Kier molecular flexibility index (Phi) is 5.33. The monoisotopic (exact) mass is 306 g/mol. The van der Waals surface area contributed by atoms with Crippen LogP contribution < -0.4 is 4.74 Å². The van der Waals surface area contributed by atoms with E-state index in [1.54, 1.807) is 19.2 Å². The van der Waals surface area contributed by atoms with Gasteiger partial charge in [-0.1, -0.05) is 26.8 Å². The number of carbonyl (C=O) groups excluding carboxylic acids is 1. The van der Waals surface area contributed by atoms with Crippen LogP contribution >= 0.6 is 0 Å². The minimum atomic E-state index is -0.0652. The summed E-state index contributed by atoms with van der Waals surface area (Å²) >= 11 is 0. The molecule has 0 aromatic heterocycles. The van der Waals surface area contributed by atoms with Gasteiger partial charge >= 0.3 is 5.97 Å². The zero-order valence-electron chi connectivity index (χ0n) is 13.8. The number of rotatable bonds is 6. The molecule has 2 rings (SSSR count). The maximum Gasteiger partial charge on any atom is 0.309 e. The van der Waals surface area contributed by atoms with Crippen molar-refractivity contribution in [1.82, 2.24) is 0 Å². The number of esters is 1. The van der Waals surface area contributed by atoms with Crippen molar-refractivity contribution in [3.05, 3.63) is 23.8 Å². The molecular weight excluding hydrogens is 280 g/mol. The first kappa shape index (κ1) is 16.7. The van der Waals surface area contributed by atoms with Crippen molar-refractivity contribution in [3.8, 4) is 11.5 Å². The van der Waals surface area contributed by atoms with Crippen LogP contribution in [0.4, 0.5) is 0 Å². The molecule has 0 bridgehead atoms. The van der Waals surface area contributed by atoms with Crippen LogP contribution in [0.25, 0.3) is 0 Å². The molecule has 1 heterocycles. The largest absolute Gasteiger partial charge is 0.504 e. The predicted octanol–water partition coefficient (Wildman–Crippen LogP) is 3.56. The van der Waals surface area contributed by atoms with Gasteiger partial charge in [-0.15, -0.1) is 0 Å². The summed E-state index contributed by atoms with van der Waals surface area (Å²) in [5.41, 5.74) is 1.09. The van der Waals surface area contributed by atoms with Gasteiger partial charge in [-0.25, -0.2) is 0 Å². The molecule has 1 N–H and O–H groups in total. The van der Waals surface area contributed by atoms with Gasteiger partial charge in [-0.2, -0.15) is 0 Å². The molecule has 4 nitrogen and oxygen atoms in total. The first-order chi connectivity index (χ1) is 10.4. The van der Waals surface area contributed by atoms with E-state index < -0.39 is 0 Å². The smallest absolute Gasteiger partial charge is 0.309 e. The molecule has 0 saturated carbocycles. The van der Waals surface area contributed by atoms with Crippen molar-refractivity contribution < 1.29 is 19.4 Å². The van der Waals surface area contributed by atoms with Crippen LogP contribution in [0.3, 0.4) is 0 Å². The second kappa shape index (κ2) is 7.03. The zero-order chi connectivity index (χ0) is 16.3. The highest BCUT2D eigenvalue weighted by Crippen LogP contribution is 2.31. The van der Waals surface area contributed by atoms with Crippen molar-refractivity contribution in [2.45, 2.75) is 46.1 Å². The molecule has 22 heavy (non-hydrogen) atoms. The highest BCUT2D eigenvalue weighted by atomic mass is 16.6. The minimum Gasteiger partial charge on any atom is -0.504 e. The van der Waals surface area contributed by atoms with Crippen LogP contribution in [0.15, 0.2) is 18.2 Å². The van der Waals surface area contributed by atoms with Gasteiger partial charge in [0.05, 0.1) is 13.0 Å². The lowest BCUT2D eigenvalue weighted by Crippen LogP contribution is -2.20. The van der Waals surface area contributed by atoms with E-state index in [2.05, 4.69) is 13.8 Å². The van der Waals surface area contributed by atoms with Crippen LogP contribution in [0, 0.1) is 17.8 Å². The molecule has 0 amide bonds. The summed E-state index contributed by atoms with van der Waals surface area (Å²) in [6.07, 6.45) is 2.76. The van der Waals surface area contributed by atoms with E-state index in [0.29, 0.717) is 17.6 Å². The molecular formula is C18H26O4. The van der Waals surface area contributed by atoms with Crippen LogP contribution in [-0.2, 0) is 16.0 Å². The fourth-order valence-electron chi connectivity index (χ4n) is 3.24. The Balaban J connectivity index is 1.88. The van der Waals surface area contributed by atoms with E-state index in [0.717, 1.165) is 24.8 Å². The van der Waals surface area contributed by atoms with Crippen LogP contribution in [0.2, 0.25) is 0 Å². The molecule has 1 aliphatic rings. The predicted molar refractivity (Wildman–Crippen MR) is 85.0 cm³/mol. The summed E-state index contributed by atoms with van der Waals surface area (Å²) in [6.45, 7) is 6.27.